The molecule has 0 bridgehead atoms. The molecule has 0 fully saturated rings. The molecular formula is C14H10BrNO4S. The third kappa shape index (κ3) is 3.14. The van der Waals surface area contributed by atoms with Crippen molar-refractivity contribution in [1.82, 2.24) is 0 Å². The molecule has 2 aromatic rings. The Morgan fingerprint density at radius 2 is 1.86 bits per heavy atom. The lowest BCUT2D eigenvalue weighted by Gasteiger charge is -2.18. The Balaban J connectivity index is 1.92. The molecule has 0 atom stereocenters. The number of nitro benzene ring substituents is 1. The molecule has 1 aliphatic heterocycles. The molecule has 5 nitrogen and oxygen atoms in total. The van der Waals surface area contributed by atoms with Gasteiger partial charge < -0.3 is 9.47 Å². The van der Waals surface area contributed by atoms with E-state index >= 15 is 0 Å². The molecule has 0 aromatic heterocycles. The number of nitrogens with zero attached hydrogens (tertiary/aromatic N) is 1. The summed E-state index contributed by atoms with van der Waals surface area (Å²) in [4.78, 5) is 12.2. The topological polar surface area (TPSA) is 61.6 Å². The van der Waals surface area contributed by atoms with Crippen LogP contribution in [0.2, 0.25) is 0 Å². The van der Waals surface area contributed by atoms with Gasteiger partial charge in [-0.15, -0.1) is 0 Å². The lowest BCUT2D eigenvalue weighted by atomic mass is 10.3. The fourth-order valence-corrected chi connectivity index (χ4v) is 3.21. The first-order chi connectivity index (χ1) is 10.1. The number of benzene rings is 2. The van der Waals surface area contributed by atoms with Gasteiger partial charge in [-0.2, -0.15) is 0 Å². The van der Waals surface area contributed by atoms with Crippen LogP contribution < -0.4 is 9.47 Å². The summed E-state index contributed by atoms with van der Waals surface area (Å²) in [5.41, 5.74) is 0.0734. The van der Waals surface area contributed by atoms with Gasteiger partial charge >= 0.3 is 0 Å². The van der Waals surface area contributed by atoms with Gasteiger partial charge in [-0.05, 0) is 30.3 Å². The van der Waals surface area contributed by atoms with Crippen molar-refractivity contribution in [3.05, 3.63) is 51.0 Å². The zero-order valence-electron chi connectivity index (χ0n) is 10.7. The van der Waals surface area contributed by atoms with Gasteiger partial charge in [0.05, 0.1) is 9.82 Å². The molecule has 0 radical (unpaired) electrons. The van der Waals surface area contributed by atoms with Crippen LogP contribution in [0.25, 0.3) is 0 Å². The van der Waals surface area contributed by atoms with Crippen LogP contribution in [0.15, 0.2) is 50.7 Å². The van der Waals surface area contributed by atoms with E-state index < -0.39 is 0 Å². The third-order valence-corrected chi connectivity index (χ3v) is 4.41. The summed E-state index contributed by atoms with van der Waals surface area (Å²) >= 11 is 4.58. The van der Waals surface area contributed by atoms with E-state index in [4.69, 9.17) is 9.47 Å². The standard InChI is InChI=1S/C14H10BrNO4S/c15-9-1-4-14(11(7-9)16(17)18)21-10-2-3-12-13(8-10)20-6-5-19-12/h1-4,7-8H,5-6H2. The number of halogens is 1. The molecule has 0 N–H and O–H groups in total. The van der Waals surface area contributed by atoms with Crippen LogP contribution in [-0.2, 0) is 0 Å². The molecule has 3 rings (SSSR count). The Kier molecular flexibility index (Phi) is 4.03. The highest BCUT2D eigenvalue weighted by atomic mass is 79.9. The zero-order chi connectivity index (χ0) is 14.8. The van der Waals surface area contributed by atoms with Crippen molar-refractivity contribution in [3.8, 4) is 11.5 Å². The Hall–Kier alpha value is -1.73. The molecule has 2 aromatic carbocycles. The van der Waals surface area contributed by atoms with E-state index in [2.05, 4.69) is 15.9 Å². The quantitative estimate of drug-likeness (QED) is 0.598. The summed E-state index contributed by atoms with van der Waals surface area (Å²) in [5.74, 6) is 1.38. The fourth-order valence-electron chi connectivity index (χ4n) is 1.93. The molecule has 0 spiro atoms. The number of nitro groups is 1. The van der Waals surface area contributed by atoms with Crippen LogP contribution in [0.3, 0.4) is 0 Å². The van der Waals surface area contributed by atoms with E-state index in [1.807, 2.05) is 18.2 Å². The van der Waals surface area contributed by atoms with E-state index in [9.17, 15) is 10.1 Å². The largest absolute Gasteiger partial charge is 0.486 e. The van der Waals surface area contributed by atoms with Crippen molar-refractivity contribution in [3.63, 3.8) is 0 Å². The van der Waals surface area contributed by atoms with Crippen LogP contribution in [0.1, 0.15) is 0 Å². The van der Waals surface area contributed by atoms with Gasteiger partial charge in [-0.25, -0.2) is 0 Å². The maximum absolute atomic E-state index is 11.1. The molecule has 21 heavy (non-hydrogen) atoms. The molecule has 0 amide bonds. The lowest BCUT2D eigenvalue weighted by Crippen LogP contribution is -2.15. The number of ether oxygens (including phenoxy) is 2. The van der Waals surface area contributed by atoms with Crippen LogP contribution in [0, 0.1) is 10.1 Å². The van der Waals surface area contributed by atoms with Crippen molar-refractivity contribution in [2.75, 3.05) is 13.2 Å². The molecule has 0 saturated heterocycles. The molecule has 7 heteroatoms. The van der Waals surface area contributed by atoms with Crippen LogP contribution in [0.5, 0.6) is 11.5 Å². The summed E-state index contributed by atoms with van der Waals surface area (Å²) in [6.45, 7) is 1.05. The maximum atomic E-state index is 11.1. The minimum Gasteiger partial charge on any atom is -0.486 e. The smallest absolute Gasteiger partial charge is 0.284 e. The number of rotatable bonds is 3. The molecule has 1 aliphatic rings. The first-order valence-corrected chi connectivity index (χ1v) is 7.76. The highest BCUT2D eigenvalue weighted by molar-refractivity contribution is 9.10. The van der Waals surface area contributed by atoms with Crippen LogP contribution >= 0.6 is 27.7 Å². The van der Waals surface area contributed by atoms with Crippen molar-refractivity contribution in [2.24, 2.45) is 0 Å². The summed E-state index contributed by atoms with van der Waals surface area (Å²) in [6, 6.07) is 10.5. The predicted octanol–water partition coefficient (Wildman–Crippen LogP) is 4.28. The van der Waals surface area contributed by atoms with E-state index in [-0.39, 0.29) is 10.6 Å². The summed E-state index contributed by atoms with van der Waals surface area (Å²) in [6.07, 6.45) is 0. The molecule has 108 valence electrons. The minimum atomic E-state index is -0.384. The second-order valence-electron chi connectivity index (χ2n) is 4.28. The Morgan fingerprint density at radius 3 is 2.62 bits per heavy atom. The minimum absolute atomic E-state index is 0.0734. The van der Waals surface area contributed by atoms with Crippen molar-refractivity contribution >= 4 is 33.4 Å². The van der Waals surface area contributed by atoms with Crippen LogP contribution in [0.4, 0.5) is 5.69 Å². The number of hydrogen-bond donors (Lipinski definition) is 0. The normalized spacial score (nSPS) is 13.0. The van der Waals surface area contributed by atoms with E-state index in [1.165, 1.54) is 17.8 Å². The zero-order valence-corrected chi connectivity index (χ0v) is 13.1. The predicted molar refractivity (Wildman–Crippen MR) is 82.4 cm³/mol. The number of fused-ring (bicyclic) bond motifs is 1. The van der Waals surface area contributed by atoms with Gasteiger partial charge in [0.1, 0.15) is 13.2 Å². The van der Waals surface area contributed by atoms with Gasteiger partial charge in [0.15, 0.2) is 11.5 Å². The van der Waals surface area contributed by atoms with Crippen LogP contribution in [-0.4, -0.2) is 18.1 Å². The van der Waals surface area contributed by atoms with E-state index in [1.54, 1.807) is 12.1 Å². The number of hydrogen-bond acceptors (Lipinski definition) is 5. The SMILES string of the molecule is O=[N+]([O-])c1cc(Br)ccc1Sc1ccc2c(c1)OCCO2. The van der Waals surface area contributed by atoms with Crippen molar-refractivity contribution in [2.45, 2.75) is 9.79 Å². The van der Waals surface area contributed by atoms with Gasteiger partial charge in [0, 0.05) is 15.4 Å². The molecule has 1 heterocycles. The van der Waals surface area contributed by atoms with E-state index in [0.717, 1.165) is 4.90 Å². The van der Waals surface area contributed by atoms with Crippen molar-refractivity contribution < 1.29 is 14.4 Å². The Labute approximate surface area is 133 Å². The molecular weight excluding hydrogens is 358 g/mol. The third-order valence-electron chi connectivity index (χ3n) is 2.86. The first-order valence-electron chi connectivity index (χ1n) is 6.15. The van der Waals surface area contributed by atoms with Crippen molar-refractivity contribution in [1.29, 1.82) is 0 Å². The van der Waals surface area contributed by atoms with E-state index in [0.29, 0.717) is 34.1 Å². The maximum Gasteiger partial charge on any atom is 0.284 e. The second kappa shape index (κ2) is 5.95. The molecule has 0 aliphatic carbocycles. The average Bonchev–Trinajstić information content (AvgIpc) is 2.49. The fraction of sp³-hybridized carbons (Fsp3) is 0.143. The molecule has 0 saturated carbocycles. The Bertz CT molecular complexity index is 707. The Morgan fingerprint density at radius 1 is 1.10 bits per heavy atom. The lowest BCUT2D eigenvalue weighted by molar-refractivity contribution is -0.387. The molecule has 0 unspecified atom stereocenters. The van der Waals surface area contributed by atoms with Gasteiger partial charge in [0.2, 0.25) is 0 Å². The second-order valence-corrected chi connectivity index (χ2v) is 6.31. The summed E-state index contributed by atoms with van der Waals surface area (Å²) in [5, 5.41) is 11.1. The van der Waals surface area contributed by atoms with Gasteiger partial charge in [0.25, 0.3) is 5.69 Å². The monoisotopic (exact) mass is 367 g/mol. The van der Waals surface area contributed by atoms with Gasteiger partial charge in [-0.3, -0.25) is 10.1 Å². The average molecular weight is 368 g/mol. The first kappa shape index (κ1) is 14.2. The van der Waals surface area contributed by atoms with Gasteiger partial charge in [-0.1, -0.05) is 27.7 Å². The summed E-state index contributed by atoms with van der Waals surface area (Å²) in [7, 11) is 0. The summed E-state index contributed by atoms with van der Waals surface area (Å²) < 4.78 is 11.7. The highest BCUT2D eigenvalue weighted by Crippen LogP contribution is 2.40. The highest BCUT2D eigenvalue weighted by Gasteiger charge is 2.17.